The van der Waals surface area contributed by atoms with Gasteiger partial charge in [-0.1, -0.05) is 0 Å². The van der Waals surface area contributed by atoms with E-state index in [9.17, 15) is 18.5 Å². The number of non-ortho nitro benzene ring substituents is 1. The van der Waals surface area contributed by atoms with Gasteiger partial charge in [0.25, 0.3) is 5.69 Å². The number of aryl methyl sites for hydroxylation is 2. The second-order valence-corrected chi connectivity index (χ2v) is 6.71. The van der Waals surface area contributed by atoms with E-state index in [-0.39, 0.29) is 23.2 Å². The topological polar surface area (TPSA) is 107 Å². The summed E-state index contributed by atoms with van der Waals surface area (Å²) < 4.78 is 26.3. The van der Waals surface area contributed by atoms with Gasteiger partial charge < -0.3 is 5.73 Å². The zero-order chi connectivity index (χ0) is 15.7. The first-order chi connectivity index (χ1) is 9.12. The third kappa shape index (κ3) is 2.97. The SMILES string of the molecule is Cc1cc([N+](=O)[O-])cc(C)c1S(=O)(=O)N(C)C(C)CN. The molecule has 20 heavy (non-hydrogen) atoms. The van der Waals surface area contributed by atoms with Gasteiger partial charge in [0.1, 0.15) is 0 Å². The summed E-state index contributed by atoms with van der Waals surface area (Å²) in [5.74, 6) is 0. The fraction of sp³-hybridized carbons (Fsp3) is 0.500. The maximum absolute atomic E-state index is 12.6. The monoisotopic (exact) mass is 301 g/mol. The Morgan fingerprint density at radius 2 is 1.80 bits per heavy atom. The van der Waals surface area contributed by atoms with Gasteiger partial charge in [-0.25, -0.2) is 8.42 Å². The Labute approximate surface area is 118 Å². The van der Waals surface area contributed by atoms with Gasteiger partial charge in [-0.15, -0.1) is 0 Å². The molecule has 1 rings (SSSR count). The van der Waals surface area contributed by atoms with E-state index in [1.54, 1.807) is 20.8 Å². The molecule has 0 amide bonds. The van der Waals surface area contributed by atoms with Crippen LogP contribution < -0.4 is 5.73 Å². The molecular weight excluding hydrogens is 282 g/mol. The number of nitro groups is 1. The van der Waals surface area contributed by atoms with Gasteiger partial charge in [0, 0.05) is 31.8 Å². The highest BCUT2D eigenvalue weighted by Gasteiger charge is 2.29. The second-order valence-electron chi connectivity index (χ2n) is 4.77. The van der Waals surface area contributed by atoms with Gasteiger partial charge in [-0.2, -0.15) is 4.31 Å². The standard InChI is InChI=1S/C12H19N3O4S/c1-8-5-11(15(16)17)6-9(2)12(8)20(18,19)14(4)10(3)7-13/h5-6,10H,7,13H2,1-4H3. The molecule has 0 aliphatic carbocycles. The van der Waals surface area contributed by atoms with Crippen molar-refractivity contribution in [2.75, 3.05) is 13.6 Å². The fourth-order valence-electron chi connectivity index (χ4n) is 1.97. The number of sulfonamides is 1. The predicted molar refractivity (Wildman–Crippen MR) is 76.0 cm³/mol. The van der Waals surface area contributed by atoms with Gasteiger partial charge in [-0.05, 0) is 31.9 Å². The molecule has 0 saturated carbocycles. The molecule has 0 bridgehead atoms. The van der Waals surface area contributed by atoms with Crippen molar-refractivity contribution in [1.29, 1.82) is 0 Å². The van der Waals surface area contributed by atoms with Crippen LogP contribution in [0.2, 0.25) is 0 Å². The van der Waals surface area contributed by atoms with E-state index in [1.165, 1.54) is 23.5 Å². The maximum atomic E-state index is 12.6. The van der Waals surface area contributed by atoms with Gasteiger partial charge in [0.05, 0.1) is 9.82 Å². The summed E-state index contributed by atoms with van der Waals surface area (Å²) in [4.78, 5) is 10.3. The van der Waals surface area contributed by atoms with Crippen LogP contribution >= 0.6 is 0 Å². The average Bonchev–Trinajstić information content (AvgIpc) is 2.35. The van der Waals surface area contributed by atoms with Crippen molar-refractivity contribution in [3.63, 3.8) is 0 Å². The molecule has 7 nitrogen and oxygen atoms in total. The number of rotatable bonds is 5. The minimum absolute atomic E-state index is 0.103. The van der Waals surface area contributed by atoms with Crippen molar-refractivity contribution in [2.24, 2.45) is 5.73 Å². The summed E-state index contributed by atoms with van der Waals surface area (Å²) in [6.45, 7) is 5.00. The van der Waals surface area contributed by atoms with Crippen LogP contribution in [0.25, 0.3) is 0 Å². The first kappa shape index (κ1) is 16.5. The van der Waals surface area contributed by atoms with Crippen LogP contribution in [0.1, 0.15) is 18.1 Å². The Hall–Kier alpha value is -1.51. The summed E-state index contributed by atoms with van der Waals surface area (Å²) in [6, 6.07) is 2.18. The molecule has 0 heterocycles. The first-order valence-electron chi connectivity index (χ1n) is 6.06. The highest BCUT2D eigenvalue weighted by atomic mass is 32.2. The molecule has 0 radical (unpaired) electrons. The lowest BCUT2D eigenvalue weighted by atomic mass is 10.1. The molecule has 0 spiro atoms. The summed E-state index contributed by atoms with van der Waals surface area (Å²) in [7, 11) is -2.27. The third-order valence-electron chi connectivity index (χ3n) is 3.25. The molecule has 0 aromatic heterocycles. The Morgan fingerprint density at radius 3 is 2.15 bits per heavy atom. The van der Waals surface area contributed by atoms with Crippen molar-refractivity contribution in [1.82, 2.24) is 4.31 Å². The summed E-state index contributed by atoms with van der Waals surface area (Å²) in [5.41, 5.74) is 6.08. The van der Waals surface area contributed by atoms with Gasteiger partial charge in [0.15, 0.2) is 0 Å². The Kier molecular flexibility index (Phi) is 4.85. The number of nitrogens with zero attached hydrogens (tertiary/aromatic N) is 2. The molecule has 2 N–H and O–H groups in total. The van der Waals surface area contributed by atoms with Crippen molar-refractivity contribution >= 4 is 15.7 Å². The predicted octanol–water partition coefficient (Wildman–Crippen LogP) is 1.18. The summed E-state index contributed by atoms with van der Waals surface area (Å²) in [5, 5.41) is 10.8. The molecule has 1 unspecified atom stereocenters. The summed E-state index contributed by atoms with van der Waals surface area (Å²) >= 11 is 0. The second kappa shape index (κ2) is 5.86. The molecule has 0 aliphatic rings. The molecular formula is C12H19N3O4S. The largest absolute Gasteiger partial charge is 0.329 e. The normalized spacial score (nSPS) is 13.5. The van der Waals surface area contributed by atoms with E-state index in [1.807, 2.05) is 0 Å². The van der Waals surface area contributed by atoms with Crippen LogP contribution in [0, 0.1) is 24.0 Å². The van der Waals surface area contributed by atoms with E-state index in [0.29, 0.717) is 11.1 Å². The quantitative estimate of drug-likeness (QED) is 0.649. The summed E-state index contributed by atoms with van der Waals surface area (Å²) in [6.07, 6.45) is 0. The highest BCUT2D eigenvalue weighted by Crippen LogP contribution is 2.28. The fourth-order valence-corrected chi connectivity index (χ4v) is 3.75. The van der Waals surface area contributed by atoms with Gasteiger partial charge >= 0.3 is 0 Å². The zero-order valence-electron chi connectivity index (χ0n) is 12.0. The Balaban J connectivity index is 3.44. The van der Waals surface area contributed by atoms with Crippen LogP contribution in [0.5, 0.6) is 0 Å². The molecule has 1 aromatic rings. The van der Waals surface area contributed by atoms with Crippen LogP contribution in [0.4, 0.5) is 5.69 Å². The van der Waals surface area contributed by atoms with E-state index in [2.05, 4.69) is 0 Å². The maximum Gasteiger partial charge on any atom is 0.270 e. The Morgan fingerprint density at radius 1 is 1.35 bits per heavy atom. The zero-order valence-corrected chi connectivity index (χ0v) is 12.8. The average molecular weight is 301 g/mol. The molecule has 1 atom stereocenters. The number of hydrogen-bond donors (Lipinski definition) is 1. The number of nitro benzene ring substituents is 1. The molecule has 8 heteroatoms. The van der Waals surface area contributed by atoms with E-state index < -0.39 is 14.9 Å². The van der Waals surface area contributed by atoms with Crippen LogP contribution in [-0.4, -0.2) is 37.3 Å². The lowest BCUT2D eigenvalue weighted by Gasteiger charge is -2.24. The molecule has 1 aromatic carbocycles. The van der Waals surface area contributed by atoms with E-state index >= 15 is 0 Å². The number of benzene rings is 1. The van der Waals surface area contributed by atoms with E-state index in [4.69, 9.17) is 5.73 Å². The highest BCUT2D eigenvalue weighted by molar-refractivity contribution is 7.89. The molecule has 112 valence electrons. The molecule has 0 saturated heterocycles. The van der Waals surface area contributed by atoms with Crippen molar-refractivity contribution < 1.29 is 13.3 Å². The molecule has 0 aliphatic heterocycles. The van der Waals surface area contributed by atoms with Crippen LogP contribution in [0.3, 0.4) is 0 Å². The van der Waals surface area contributed by atoms with Crippen LogP contribution in [-0.2, 0) is 10.0 Å². The lowest BCUT2D eigenvalue weighted by Crippen LogP contribution is -2.40. The minimum Gasteiger partial charge on any atom is -0.329 e. The number of likely N-dealkylation sites (N-methyl/N-ethyl adjacent to an activating group) is 1. The first-order valence-corrected chi connectivity index (χ1v) is 7.50. The molecule has 0 fully saturated rings. The number of nitrogens with two attached hydrogens (primary N) is 1. The van der Waals surface area contributed by atoms with Gasteiger partial charge in [-0.3, -0.25) is 10.1 Å². The van der Waals surface area contributed by atoms with Crippen molar-refractivity contribution in [3.05, 3.63) is 33.4 Å². The third-order valence-corrected chi connectivity index (χ3v) is 5.53. The van der Waals surface area contributed by atoms with Crippen LogP contribution in [0.15, 0.2) is 17.0 Å². The van der Waals surface area contributed by atoms with Gasteiger partial charge in [0.2, 0.25) is 10.0 Å². The number of hydrogen-bond acceptors (Lipinski definition) is 5. The van der Waals surface area contributed by atoms with E-state index in [0.717, 1.165) is 0 Å². The minimum atomic E-state index is -3.72. The smallest absolute Gasteiger partial charge is 0.270 e. The van der Waals surface area contributed by atoms with Crippen molar-refractivity contribution in [2.45, 2.75) is 31.7 Å². The lowest BCUT2D eigenvalue weighted by molar-refractivity contribution is -0.385. The van der Waals surface area contributed by atoms with Crippen molar-refractivity contribution in [3.8, 4) is 0 Å². The Bertz CT molecular complexity index is 605.